The zero-order valence-electron chi connectivity index (χ0n) is 74.0. The molecule has 0 heterocycles. The van der Waals surface area contributed by atoms with Crippen LogP contribution >= 0.6 is 0 Å². The van der Waals surface area contributed by atoms with E-state index >= 15 is 0 Å². The van der Waals surface area contributed by atoms with Gasteiger partial charge in [-0.2, -0.15) is 0 Å². The van der Waals surface area contributed by atoms with Crippen molar-refractivity contribution in [3.8, 4) is 0 Å². The molecule has 0 aliphatic carbocycles. The molecule has 640 valence electrons. The van der Waals surface area contributed by atoms with Crippen LogP contribution in [0.5, 0.6) is 0 Å². The molecular formula is C80H184B4F4O8S8. The van der Waals surface area contributed by atoms with E-state index in [0.29, 0.717) is 0 Å². The minimum Gasteiger partial charge on any atom is -0.867 e. The molecule has 0 aliphatic rings. The Morgan fingerprint density at radius 1 is 0.144 bits per heavy atom. The van der Waals surface area contributed by atoms with Crippen molar-refractivity contribution in [3.05, 3.63) is 0 Å². The third-order valence-corrected chi connectivity index (χ3v) is 36.8. The van der Waals surface area contributed by atoms with Crippen LogP contribution in [-0.2, 0) is 87.2 Å². The average Bonchev–Trinajstić information content (AvgIpc) is 3.00. The van der Waals surface area contributed by atoms with Gasteiger partial charge in [0.15, 0.2) is 0 Å². The second kappa shape index (κ2) is 129. The molecular weight excluding hydrogens is 1460 g/mol. The van der Waals surface area contributed by atoms with Gasteiger partial charge in [0.1, 0.15) is 168 Å². The summed E-state index contributed by atoms with van der Waals surface area (Å²) in [6, 6.07) is 0. The number of rotatable bonds is 56. The van der Waals surface area contributed by atoms with Gasteiger partial charge in [0.25, 0.3) is 0 Å². The van der Waals surface area contributed by atoms with E-state index in [1.807, 2.05) is 0 Å². The normalized spacial score (nSPS) is 10.3. The number of halogens is 4. The van der Waals surface area contributed by atoms with Crippen LogP contribution in [0, 0.1) is 0 Å². The molecule has 0 fully saturated rings. The lowest BCUT2D eigenvalue weighted by atomic mass is 10.2. The largest absolute Gasteiger partial charge is 0.867 e. The van der Waals surface area contributed by atoms with E-state index in [-0.39, 0.29) is 0 Å². The van der Waals surface area contributed by atoms with E-state index in [4.69, 9.17) is 40.2 Å². The number of hydrogen-bond donors (Lipinski definition) is 0. The van der Waals surface area contributed by atoms with Gasteiger partial charge < -0.3 is 57.5 Å². The summed E-state index contributed by atoms with van der Waals surface area (Å²) >= 11 is 0. The standard InChI is InChI=1S/8C10H23S.4BFO2/c8*1-4-7-8-9-10-11(5-2)6-3;4*2-1(3)4/h8*4-10H2,1-3H3;;;;/q8*+1;4*-2. The molecule has 0 aromatic heterocycles. The molecule has 0 amide bonds. The molecule has 0 N–H and O–H groups in total. The van der Waals surface area contributed by atoms with E-state index in [2.05, 4.69) is 166 Å². The zero-order chi connectivity index (χ0) is 82.5. The number of unbranched alkanes of at least 4 members (excludes halogenated alkanes) is 24. The molecule has 0 bridgehead atoms. The van der Waals surface area contributed by atoms with Gasteiger partial charge in [0.2, 0.25) is 0 Å². The lowest BCUT2D eigenvalue weighted by molar-refractivity contribution is -0.368. The van der Waals surface area contributed by atoms with Crippen LogP contribution in [0.25, 0.3) is 0 Å². The average molecular weight is 1650 g/mol. The molecule has 0 aromatic rings. The van der Waals surface area contributed by atoms with Crippen molar-refractivity contribution in [2.24, 2.45) is 0 Å². The van der Waals surface area contributed by atoms with E-state index < -0.39 is 29.6 Å². The van der Waals surface area contributed by atoms with E-state index in [9.17, 15) is 17.3 Å². The van der Waals surface area contributed by atoms with Gasteiger partial charge in [-0.3, -0.25) is 0 Å². The van der Waals surface area contributed by atoms with Crippen molar-refractivity contribution < 1.29 is 57.5 Å². The topological polar surface area (TPSA) is 184 Å². The Bertz CT molecular complexity index is 1010. The highest BCUT2D eigenvalue weighted by atomic mass is 32.2. The number of hydrogen-bond acceptors (Lipinski definition) is 8. The van der Waals surface area contributed by atoms with E-state index in [0.717, 1.165) is 87.2 Å². The quantitative estimate of drug-likeness (QED) is 0.0249. The summed E-state index contributed by atoms with van der Waals surface area (Å²) in [5, 5.41) is 66.4. The molecule has 0 saturated heterocycles. The van der Waals surface area contributed by atoms with Gasteiger partial charge >= 0.3 is 0 Å². The van der Waals surface area contributed by atoms with Crippen molar-refractivity contribution in [3.63, 3.8) is 0 Å². The summed E-state index contributed by atoms with van der Waals surface area (Å²) in [5.41, 5.74) is 0. The fraction of sp³-hybridized carbons (Fsp3) is 1.00. The van der Waals surface area contributed by atoms with Gasteiger partial charge in [-0.25, -0.2) is 0 Å². The maximum Gasteiger partial charge on any atom is 0.121 e. The highest BCUT2D eigenvalue weighted by Gasteiger charge is 2.16. The van der Waals surface area contributed by atoms with Crippen LogP contribution in [0.2, 0.25) is 0 Å². The van der Waals surface area contributed by atoms with E-state index in [1.54, 1.807) is 0 Å². The van der Waals surface area contributed by atoms with Crippen LogP contribution in [0.4, 0.5) is 17.3 Å². The van der Waals surface area contributed by atoms with Crippen LogP contribution < -0.4 is 40.2 Å². The first-order valence-corrected chi connectivity index (χ1v) is 56.5. The molecule has 0 radical (unpaired) electrons. The first-order valence-electron chi connectivity index (χ1n) is 42.7. The maximum atomic E-state index is 9.89. The summed E-state index contributed by atoms with van der Waals surface area (Å²) in [4.78, 5) is 0. The Labute approximate surface area is 678 Å². The third-order valence-electron chi connectivity index (χ3n) is 16.8. The lowest BCUT2D eigenvalue weighted by Gasteiger charge is -2.09. The molecule has 0 spiro atoms. The maximum absolute atomic E-state index is 9.89. The smallest absolute Gasteiger partial charge is 0.121 e. The second-order valence-electron chi connectivity index (χ2n) is 24.7. The molecule has 0 aromatic carbocycles. The molecule has 24 heteroatoms. The SMILES string of the molecule is CCCCCC[S+](CC)CC.CCCCCC[S+](CC)CC.CCCCCC[S+](CC)CC.CCCCCC[S+](CC)CC.CCCCCC[S+](CC)CC.CCCCCC[S+](CC)CC.CCCCCC[S+](CC)CC.CCCCCC[S+](CC)CC.[O-]B([O-])F.[O-]B([O-])F.[O-]B([O-])F.[O-]B([O-])F. The van der Waals surface area contributed by atoms with Crippen molar-refractivity contribution in [2.45, 2.75) is 372 Å². The molecule has 0 rings (SSSR count). The third kappa shape index (κ3) is 164. The molecule has 0 unspecified atom stereocenters. The Morgan fingerprint density at radius 3 is 0.260 bits per heavy atom. The molecule has 0 atom stereocenters. The summed E-state index contributed by atoms with van der Waals surface area (Å²) < 4.78 is 39.6. The molecule has 104 heavy (non-hydrogen) atoms. The minimum absolute atomic E-state index is 0.758. The van der Waals surface area contributed by atoms with Crippen molar-refractivity contribution >= 4 is 117 Å². The van der Waals surface area contributed by atoms with Gasteiger partial charge in [0, 0.05) is 0 Å². The predicted octanol–water partition coefficient (Wildman–Crippen LogP) is 16.4. The van der Waals surface area contributed by atoms with Crippen LogP contribution in [0.1, 0.15) is 372 Å². The van der Waals surface area contributed by atoms with Gasteiger partial charge in [-0.05, 0) is 301 Å². The Hall–Kier alpha value is 2.46. The summed E-state index contributed by atoms with van der Waals surface area (Å²) in [6.07, 6.45) is 45.9. The van der Waals surface area contributed by atoms with Crippen LogP contribution in [-0.4, -0.2) is 168 Å². The molecule has 0 aliphatic heterocycles. The zero-order valence-corrected chi connectivity index (χ0v) is 80.5. The highest BCUT2D eigenvalue weighted by molar-refractivity contribution is 7.98. The fourth-order valence-electron chi connectivity index (χ4n) is 9.81. The monoisotopic (exact) mass is 1650 g/mol. The minimum atomic E-state index is -3.17. The van der Waals surface area contributed by atoms with Gasteiger partial charge in [-0.1, -0.05) is 158 Å². The van der Waals surface area contributed by atoms with Crippen molar-refractivity contribution in [1.82, 2.24) is 0 Å². The second-order valence-corrected chi connectivity index (χ2v) is 47.0. The first-order chi connectivity index (χ1) is 49.7. The highest BCUT2D eigenvalue weighted by Crippen LogP contribution is 2.11. The Kier molecular flexibility index (Phi) is 165. The summed E-state index contributed by atoms with van der Waals surface area (Å²) in [7, 11) is -6.60. The van der Waals surface area contributed by atoms with Gasteiger partial charge in [-0.15, -0.1) is 0 Å². The predicted molar refractivity (Wildman–Crippen MR) is 487 cm³/mol. The van der Waals surface area contributed by atoms with Crippen LogP contribution in [0.3, 0.4) is 0 Å². The Balaban J connectivity index is -0.0000000902. The molecule has 8 nitrogen and oxygen atoms in total. The van der Waals surface area contributed by atoms with Crippen molar-refractivity contribution in [2.75, 3.05) is 138 Å². The molecule has 0 saturated carbocycles. The van der Waals surface area contributed by atoms with Gasteiger partial charge in [0.05, 0.1) is 0 Å². The van der Waals surface area contributed by atoms with Crippen LogP contribution in [0.15, 0.2) is 0 Å². The van der Waals surface area contributed by atoms with Crippen molar-refractivity contribution in [1.29, 1.82) is 0 Å². The lowest BCUT2D eigenvalue weighted by Crippen LogP contribution is -2.39. The fourth-order valence-corrected chi connectivity index (χ4v) is 22.6. The Morgan fingerprint density at radius 2 is 0.212 bits per heavy atom. The first kappa shape index (κ1) is 133. The summed E-state index contributed by atoms with van der Waals surface area (Å²) in [5.74, 6) is 34.4. The summed E-state index contributed by atoms with van der Waals surface area (Å²) in [6.45, 7) is 55.4. The van der Waals surface area contributed by atoms with E-state index in [1.165, 1.54) is 344 Å².